The van der Waals surface area contributed by atoms with E-state index >= 15 is 0 Å². The van der Waals surface area contributed by atoms with Gasteiger partial charge in [-0.1, -0.05) is 18.6 Å². The van der Waals surface area contributed by atoms with Crippen molar-refractivity contribution in [3.05, 3.63) is 23.8 Å². The van der Waals surface area contributed by atoms with Crippen LogP contribution in [-0.2, 0) is 10.0 Å². The number of anilines is 1. The van der Waals surface area contributed by atoms with Crippen LogP contribution in [0.3, 0.4) is 0 Å². The summed E-state index contributed by atoms with van der Waals surface area (Å²) in [7, 11) is -1.50. The van der Waals surface area contributed by atoms with Gasteiger partial charge in [-0.3, -0.25) is 0 Å². The molecule has 0 saturated carbocycles. The molecule has 0 radical (unpaired) electrons. The average Bonchev–Trinajstić information content (AvgIpc) is 2.37. The number of aryl methyl sites for hydroxylation is 1. The van der Waals surface area contributed by atoms with Crippen molar-refractivity contribution in [3.8, 4) is 0 Å². The van der Waals surface area contributed by atoms with Crippen molar-refractivity contribution in [1.29, 1.82) is 0 Å². The second-order valence-electron chi connectivity index (χ2n) is 5.48. The number of nitrogens with zero attached hydrogens (tertiary/aromatic N) is 1. The van der Waals surface area contributed by atoms with E-state index in [0.717, 1.165) is 19.4 Å². The number of hydrogen-bond acceptors (Lipinski definition) is 4. The number of benzene rings is 1. The van der Waals surface area contributed by atoms with Crippen LogP contribution >= 0.6 is 0 Å². The second kappa shape index (κ2) is 6.11. The van der Waals surface area contributed by atoms with Gasteiger partial charge in [0.2, 0.25) is 10.0 Å². The maximum absolute atomic E-state index is 12.4. The van der Waals surface area contributed by atoms with Gasteiger partial charge in [0.25, 0.3) is 0 Å². The fourth-order valence-corrected chi connectivity index (χ4v) is 4.15. The van der Waals surface area contributed by atoms with Crippen LogP contribution < -0.4 is 10.5 Å². The molecule has 6 heteroatoms. The van der Waals surface area contributed by atoms with Crippen molar-refractivity contribution < 1.29 is 8.42 Å². The minimum atomic E-state index is -3.55. The Labute approximate surface area is 121 Å². The van der Waals surface area contributed by atoms with Gasteiger partial charge in [0, 0.05) is 12.6 Å². The van der Waals surface area contributed by atoms with Gasteiger partial charge in [0.1, 0.15) is 4.90 Å². The molecule has 1 fully saturated rings. The quantitative estimate of drug-likeness (QED) is 0.822. The third-order valence-electron chi connectivity index (χ3n) is 3.94. The smallest absolute Gasteiger partial charge is 0.242 e. The first-order chi connectivity index (χ1) is 9.42. The number of likely N-dealkylation sites (N-methyl/N-ethyl adjacent to an activating group) is 1. The highest BCUT2D eigenvalue weighted by molar-refractivity contribution is 7.89. The molecule has 20 heavy (non-hydrogen) atoms. The number of nitrogens with two attached hydrogens (primary N) is 1. The van der Waals surface area contributed by atoms with E-state index in [1.807, 2.05) is 7.05 Å². The SMILES string of the molecule is Cc1cccc(N)c1S(=O)(=O)NCC1CCCCN1C. The molecular weight excluding hydrogens is 274 g/mol. The highest BCUT2D eigenvalue weighted by Crippen LogP contribution is 2.22. The minimum absolute atomic E-state index is 0.207. The zero-order chi connectivity index (χ0) is 14.8. The molecule has 3 N–H and O–H groups in total. The summed E-state index contributed by atoms with van der Waals surface area (Å²) in [6.45, 7) is 3.23. The lowest BCUT2D eigenvalue weighted by molar-refractivity contribution is 0.187. The molecule has 1 aliphatic rings. The summed E-state index contributed by atoms with van der Waals surface area (Å²) in [6.07, 6.45) is 3.37. The fourth-order valence-electron chi connectivity index (χ4n) is 2.72. The first-order valence-electron chi connectivity index (χ1n) is 6.97. The molecule has 0 spiro atoms. The summed E-state index contributed by atoms with van der Waals surface area (Å²) in [4.78, 5) is 2.42. The lowest BCUT2D eigenvalue weighted by atomic mass is 10.0. The third-order valence-corrected chi connectivity index (χ3v) is 5.58. The number of likely N-dealkylation sites (tertiary alicyclic amines) is 1. The molecule has 1 aromatic rings. The number of sulfonamides is 1. The van der Waals surface area contributed by atoms with Crippen molar-refractivity contribution in [3.63, 3.8) is 0 Å². The first-order valence-corrected chi connectivity index (χ1v) is 8.45. The normalized spacial score (nSPS) is 21.0. The molecule has 1 saturated heterocycles. The Hall–Kier alpha value is -1.11. The molecule has 1 heterocycles. The van der Waals surface area contributed by atoms with Crippen molar-refractivity contribution in [2.75, 3.05) is 25.9 Å². The lowest BCUT2D eigenvalue weighted by Gasteiger charge is -2.32. The number of rotatable bonds is 4. The minimum Gasteiger partial charge on any atom is -0.398 e. The maximum Gasteiger partial charge on any atom is 0.242 e. The second-order valence-corrected chi connectivity index (χ2v) is 7.18. The van der Waals surface area contributed by atoms with Crippen molar-refractivity contribution in [2.45, 2.75) is 37.1 Å². The maximum atomic E-state index is 12.4. The van der Waals surface area contributed by atoms with Gasteiger partial charge in [0.15, 0.2) is 0 Å². The first kappa shape index (κ1) is 15.3. The van der Waals surface area contributed by atoms with Gasteiger partial charge in [-0.25, -0.2) is 13.1 Å². The standard InChI is InChI=1S/C14H23N3O2S/c1-11-6-5-8-13(15)14(11)20(18,19)16-10-12-7-3-4-9-17(12)2/h5-6,8,12,16H,3-4,7,9-10,15H2,1-2H3. The van der Waals surface area contributed by atoms with Gasteiger partial charge in [0.05, 0.1) is 5.69 Å². The van der Waals surface area contributed by atoms with E-state index < -0.39 is 10.0 Å². The van der Waals surface area contributed by atoms with Crippen LogP contribution in [0.5, 0.6) is 0 Å². The van der Waals surface area contributed by atoms with Crippen LogP contribution in [0.25, 0.3) is 0 Å². The summed E-state index contributed by atoms with van der Waals surface area (Å²) in [5, 5.41) is 0. The van der Waals surface area contributed by atoms with E-state index in [2.05, 4.69) is 9.62 Å². The largest absolute Gasteiger partial charge is 0.398 e. The molecule has 0 aliphatic carbocycles. The fraction of sp³-hybridized carbons (Fsp3) is 0.571. The Morgan fingerprint density at radius 3 is 2.80 bits per heavy atom. The molecule has 1 atom stereocenters. The molecule has 0 amide bonds. The summed E-state index contributed by atoms with van der Waals surface area (Å²) in [6, 6.07) is 5.41. The van der Waals surface area contributed by atoms with Gasteiger partial charge in [-0.05, 0) is 45.0 Å². The van der Waals surface area contributed by atoms with Crippen LogP contribution in [0.15, 0.2) is 23.1 Å². The van der Waals surface area contributed by atoms with Gasteiger partial charge in [-0.15, -0.1) is 0 Å². The van der Waals surface area contributed by atoms with Crippen LogP contribution in [0.2, 0.25) is 0 Å². The summed E-state index contributed by atoms with van der Waals surface area (Å²) >= 11 is 0. The van der Waals surface area contributed by atoms with E-state index in [1.165, 1.54) is 6.42 Å². The number of nitrogen functional groups attached to an aromatic ring is 1. The van der Waals surface area contributed by atoms with E-state index in [0.29, 0.717) is 17.8 Å². The zero-order valence-electron chi connectivity index (χ0n) is 12.1. The third kappa shape index (κ3) is 3.31. The molecule has 1 aromatic carbocycles. The Balaban J connectivity index is 2.11. The summed E-state index contributed by atoms with van der Waals surface area (Å²) in [5.41, 5.74) is 6.79. The van der Waals surface area contributed by atoms with E-state index in [1.54, 1.807) is 25.1 Å². The predicted octanol–water partition coefficient (Wildman–Crippen LogP) is 1.34. The van der Waals surface area contributed by atoms with Gasteiger partial charge < -0.3 is 10.6 Å². The lowest BCUT2D eigenvalue weighted by Crippen LogP contribution is -2.44. The molecule has 112 valence electrons. The molecule has 1 aliphatic heterocycles. The van der Waals surface area contributed by atoms with Gasteiger partial charge >= 0.3 is 0 Å². The van der Waals surface area contributed by atoms with Crippen molar-refractivity contribution >= 4 is 15.7 Å². The molecule has 1 unspecified atom stereocenters. The Morgan fingerprint density at radius 1 is 1.40 bits per heavy atom. The molecule has 0 aromatic heterocycles. The van der Waals surface area contributed by atoms with E-state index in [-0.39, 0.29) is 10.9 Å². The number of hydrogen-bond donors (Lipinski definition) is 2. The van der Waals surface area contributed by atoms with Crippen molar-refractivity contribution in [2.24, 2.45) is 0 Å². The van der Waals surface area contributed by atoms with Crippen LogP contribution in [0.4, 0.5) is 5.69 Å². The van der Waals surface area contributed by atoms with E-state index in [9.17, 15) is 8.42 Å². The van der Waals surface area contributed by atoms with Crippen molar-refractivity contribution in [1.82, 2.24) is 9.62 Å². The summed E-state index contributed by atoms with van der Waals surface area (Å²) in [5.74, 6) is 0. The predicted molar refractivity (Wildman–Crippen MR) is 81.0 cm³/mol. The molecular formula is C14H23N3O2S. The Kier molecular flexibility index (Phi) is 4.67. The molecule has 0 bridgehead atoms. The highest BCUT2D eigenvalue weighted by atomic mass is 32.2. The summed E-state index contributed by atoms with van der Waals surface area (Å²) < 4.78 is 27.5. The Morgan fingerprint density at radius 2 is 2.15 bits per heavy atom. The number of nitrogens with one attached hydrogen (secondary N) is 1. The molecule has 2 rings (SSSR count). The van der Waals surface area contributed by atoms with Crippen LogP contribution in [-0.4, -0.2) is 39.5 Å². The van der Waals surface area contributed by atoms with Crippen LogP contribution in [0, 0.1) is 6.92 Å². The molecule has 5 nitrogen and oxygen atoms in total. The average molecular weight is 297 g/mol. The number of piperidine rings is 1. The monoisotopic (exact) mass is 297 g/mol. The van der Waals surface area contributed by atoms with E-state index in [4.69, 9.17) is 5.73 Å². The van der Waals surface area contributed by atoms with Gasteiger partial charge in [-0.2, -0.15) is 0 Å². The topological polar surface area (TPSA) is 75.4 Å². The zero-order valence-corrected chi connectivity index (χ0v) is 12.9. The Bertz CT molecular complexity index is 552. The van der Waals surface area contributed by atoms with Crippen LogP contribution in [0.1, 0.15) is 24.8 Å². The highest BCUT2D eigenvalue weighted by Gasteiger charge is 2.24.